The van der Waals surface area contributed by atoms with Gasteiger partial charge in [0.15, 0.2) is 0 Å². The molecule has 11 heavy (non-hydrogen) atoms. The highest BCUT2D eigenvalue weighted by atomic mass is 14.8. The average Bonchev–Trinajstić information content (AvgIpc) is 2.41. The summed E-state index contributed by atoms with van der Waals surface area (Å²) in [4.78, 5) is 0. The maximum atomic E-state index is 2.62. The smallest absolute Gasteiger partial charge is 0.0210 e. The van der Waals surface area contributed by atoms with E-state index in [1.165, 1.54) is 17.8 Å². The van der Waals surface area contributed by atoms with Crippen molar-refractivity contribution >= 4 is 0 Å². The van der Waals surface area contributed by atoms with Crippen molar-refractivity contribution in [3.63, 3.8) is 0 Å². The van der Waals surface area contributed by atoms with Gasteiger partial charge in [-0.15, -0.1) is 0 Å². The molecule has 0 heterocycles. The van der Waals surface area contributed by atoms with Gasteiger partial charge < -0.3 is 0 Å². The van der Waals surface area contributed by atoms with Crippen LogP contribution in [0.3, 0.4) is 0 Å². The summed E-state index contributed by atoms with van der Waals surface area (Å²) < 4.78 is 0. The molecule has 0 radical (unpaired) electrons. The Hall–Kier alpha value is 0. The zero-order chi connectivity index (χ0) is 7.27. The monoisotopic (exact) mass is 148 g/mol. The van der Waals surface area contributed by atoms with Crippen molar-refractivity contribution in [2.45, 2.75) is 39.0 Å². The van der Waals surface area contributed by atoms with Crippen LogP contribution in [-0.4, -0.2) is 0 Å². The van der Waals surface area contributed by atoms with Gasteiger partial charge in [-0.05, 0) is 60.7 Å². The quantitative estimate of drug-likeness (QED) is 0.495. The van der Waals surface area contributed by atoms with Crippen molar-refractivity contribution in [3.8, 4) is 0 Å². The minimum absolute atomic E-state index is 0.873. The van der Waals surface area contributed by atoms with Gasteiger partial charge in [0.1, 0.15) is 0 Å². The highest BCUT2D eigenvalue weighted by Gasteiger charge is 2.78. The maximum Gasteiger partial charge on any atom is -0.0210 e. The predicted octanol–water partition coefficient (Wildman–Crippen LogP) is 2.83. The van der Waals surface area contributed by atoms with Crippen molar-refractivity contribution in [1.82, 2.24) is 0 Å². The molecule has 0 saturated heterocycles. The Bertz CT molecular complexity index is 244. The van der Waals surface area contributed by atoms with Crippen molar-refractivity contribution in [2.75, 3.05) is 0 Å². The van der Waals surface area contributed by atoms with Gasteiger partial charge in [-0.1, -0.05) is 6.92 Å². The van der Waals surface area contributed by atoms with Crippen LogP contribution in [0.1, 0.15) is 39.0 Å². The summed E-state index contributed by atoms with van der Waals surface area (Å²) in [6, 6.07) is 0. The van der Waals surface area contributed by atoms with Gasteiger partial charge in [-0.25, -0.2) is 0 Å². The molecule has 4 bridgehead atoms. The SMILES string of the molecule is CC12C3CC4CC1(CCC42)C3. The lowest BCUT2D eigenvalue weighted by Crippen LogP contribution is -2.51. The first-order valence-corrected chi connectivity index (χ1v) is 5.26. The van der Waals surface area contributed by atoms with Crippen LogP contribution in [0, 0.1) is 28.6 Å². The molecule has 5 atom stereocenters. The Morgan fingerprint density at radius 2 is 2.18 bits per heavy atom. The molecule has 0 spiro atoms. The molecule has 0 aromatic heterocycles. The van der Waals surface area contributed by atoms with E-state index in [4.69, 9.17) is 0 Å². The molecule has 0 N–H and O–H groups in total. The van der Waals surface area contributed by atoms with E-state index in [0.717, 1.165) is 10.8 Å². The second-order valence-corrected chi connectivity index (χ2v) is 5.81. The second-order valence-electron chi connectivity index (χ2n) is 5.81. The Labute approximate surface area is 68.4 Å². The minimum Gasteiger partial charge on any atom is -0.0586 e. The molecule has 4 fully saturated rings. The Balaban J connectivity index is 2.00. The van der Waals surface area contributed by atoms with Crippen molar-refractivity contribution in [2.24, 2.45) is 28.6 Å². The molecule has 0 aliphatic heterocycles. The largest absolute Gasteiger partial charge is 0.0586 e. The summed E-state index contributed by atoms with van der Waals surface area (Å²) in [5.41, 5.74) is 1.78. The van der Waals surface area contributed by atoms with Crippen LogP contribution in [0.15, 0.2) is 0 Å². The summed E-state index contributed by atoms with van der Waals surface area (Å²) in [5, 5.41) is 0. The molecule has 4 rings (SSSR count). The summed E-state index contributed by atoms with van der Waals surface area (Å²) >= 11 is 0. The fourth-order valence-corrected chi connectivity index (χ4v) is 5.72. The van der Waals surface area contributed by atoms with Gasteiger partial charge in [0.05, 0.1) is 0 Å². The molecule has 4 aliphatic rings. The van der Waals surface area contributed by atoms with Crippen molar-refractivity contribution in [1.29, 1.82) is 0 Å². The molecule has 5 unspecified atom stereocenters. The zero-order valence-corrected chi connectivity index (χ0v) is 7.27. The number of hydrogen-bond donors (Lipinski definition) is 0. The zero-order valence-electron chi connectivity index (χ0n) is 7.27. The number of rotatable bonds is 0. The Morgan fingerprint density at radius 1 is 1.27 bits per heavy atom. The fraction of sp³-hybridized carbons (Fsp3) is 1.00. The first-order chi connectivity index (χ1) is 5.26. The van der Waals surface area contributed by atoms with E-state index in [0.29, 0.717) is 0 Å². The van der Waals surface area contributed by atoms with Gasteiger partial charge in [0.25, 0.3) is 0 Å². The fourth-order valence-electron chi connectivity index (χ4n) is 5.72. The maximum absolute atomic E-state index is 2.62. The van der Waals surface area contributed by atoms with Crippen LogP contribution >= 0.6 is 0 Å². The third kappa shape index (κ3) is 0.316. The highest BCUT2D eigenvalue weighted by Crippen LogP contribution is 2.86. The molecule has 0 nitrogen and oxygen atoms in total. The van der Waals surface area contributed by atoms with Crippen LogP contribution in [0.4, 0.5) is 0 Å². The predicted molar refractivity (Wildman–Crippen MR) is 44.1 cm³/mol. The normalized spacial score (nSPS) is 75.5. The molecule has 0 heteroatoms. The summed E-state index contributed by atoms with van der Waals surface area (Å²) in [7, 11) is 0. The lowest BCUT2D eigenvalue weighted by molar-refractivity contribution is -0.104. The van der Waals surface area contributed by atoms with E-state index in [1.54, 1.807) is 32.1 Å². The number of hydrogen-bond acceptors (Lipinski definition) is 0. The van der Waals surface area contributed by atoms with Crippen LogP contribution < -0.4 is 0 Å². The molecule has 0 amide bonds. The van der Waals surface area contributed by atoms with Gasteiger partial charge in [-0.3, -0.25) is 0 Å². The van der Waals surface area contributed by atoms with E-state index < -0.39 is 0 Å². The third-order valence-corrected chi connectivity index (χ3v) is 6.14. The summed E-state index contributed by atoms with van der Waals surface area (Å²) in [5.74, 6) is 3.54. The molecule has 0 aromatic rings. The lowest BCUT2D eigenvalue weighted by atomic mass is 9.45. The van der Waals surface area contributed by atoms with Gasteiger partial charge in [-0.2, -0.15) is 0 Å². The second kappa shape index (κ2) is 1.20. The first kappa shape index (κ1) is 5.61. The topological polar surface area (TPSA) is 0 Å². The van der Waals surface area contributed by atoms with E-state index in [2.05, 4.69) is 6.92 Å². The molecule has 60 valence electrons. The van der Waals surface area contributed by atoms with Gasteiger partial charge >= 0.3 is 0 Å². The van der Waals surface area contributed by atoms with Gasteiger partial charge in [0.2, 0.25) is 0 Å². The van der Waals surface area contributed by atoms with Crippen LogP contribution in [0.2, 0.25) is 0 Å². The summed E-state index contributed by atoms with van der Waals surface area (Å²) in [6.07, 6.45) is 8.06. The highest BCUT2D eigenvalue weighted by molar-refractivity contribution is 5.27. The van der Waals surface area contributed by atoms with E-state index in [1.807, 2.05) is 0 Å². The average molecular weight is 148 g/mol. The van der Waals surface area contributed by atoms with E-state index in [-0.39, 0.29) is 0 Å². The standard InChI is InChI=1S/C11H16/c1-10-8-4-7-5-11(10,6-8)3-2-9(7)10/h7-9H,2-6H2,1H3. The van der Waals surface area contributed by atoms with Gasteiger partial charge in [0, 0.05) is 0 Å². The molecular formula is C11H16. The van der Waals surface area contributed by atoms with E-state index in [9.17, 15) is 0 Å². The molecular weight excluding hydrogens is 132 g/mol. The third-order valence-electron chi connectivity index (χ3n) is 6.14. The Kier molecular flexibility index (Phi) is 0.611. The molecule has 4 aliphatic carbocycles. The first-order valence-electron chi connectivity index (χ1n) is 5.26. The molecule has 0 aromatic carbocycles. The van der Waals surface area contributed by atoms with Crippen molar-refractivity contribution in [3.05, 3.63) is 0 Å². The van der Waals surface area contributed by atoms with Crippen LogP contribution in [0.5, 0.6) is 0 Å². The van der Waals surface area contributed by atoms with E-state index >= 15 is 0 Å². The van der Waals surface area contributed by atoms with Crippen molar-refractivity contribution < 1.29 is 0 Å². The lowest BCUT2D eigenvalue weighted by Gasteiger charge is -2.59. The Morgan fingerprint density at radius 3 is 2.73 bits per heavy atom. The van der Waals surface area contributed by atoms with Crippen LogP contribution in [0.25, 0.3) is 0 Å². The molecule has 4 saturated carbocycles. The van der Waals surface area contributed by atoms with Crippen LogP contribution in [-0.2, 0) is 0 Å². The minimum atomic E-state index is 0.873. The summed E-state index contributed by atoms with van der Waals surface area (Å²) in [6.45, 7) is 2.62.